The summed E-state index contributed by atoms with van der Waals surface area (Å²) >= 11 is 0.964. The van der Waals surface area contributed by atoms with Crippen LogP contribution in [0.25, 0.3) is 21.6 Å². The molecule has 9 nitrogen and oxygen atoms in total. The first kappa shape index (κ1) is 25.2. The molecule has 0 amide bonds. The van der Waals surface area contributed by atoms with Crippen molar-refractivity contribution >= 4 is 36.8 Å². The van der Waals surface area contributed by atoms with Crippen LogP contribution in [0.2, 0.25) is 18.1 Å². The van der Waals surface area contributed by atoms with E-state index in [0.717, 1.165) is 11.7 Å². The molecule has 3 aromatic rings. The average Bonchev–Trinajstić information content (AvgIpc) is 3.51. The van der Waals surface area contributed by atoms with Gasteiger partial charge in [0.1, 0.15) is 22.2 Å². The number of rotatable bonds is 5. The molecule has 192 valence electrons. The minimum absolute atomic E-state index is 0.0317. The van der Waals surface area contributed by atoms with E-state index in [4.69, 9.17) is 15.7 Å². The van der Waals surface area contributed by atoms with Crippen molar-refractivity contribution in [2.75, 3.05) is 6.61 Å². The van der Waals surface area contributed by atoms with Gasteiger partial charge >= 0.3 is 0 Å². The largest absolute Gasteiger partial charge is 0.494 e. The highest BCUT2D eigenvalue weighted by atomic mass is 32.1. The van der Waals surface area contributed by atoms with Crippen LogP contribution in [-0.2, 0) is 20.4 Å². The molecule has 5 rings (SSSR count). The summed E-state index contributed by atoms with van der Waals surface area (Å²) in [5.41, 5.74) is 0.214. The maximum Gasteiger partial charge on any atom is 0.215 e. The predicted octanol–water partition coefficient (Wildman–Crippen LogP) is 5.31. The molecule has 0 spiro atoms. The third kappa shape index (κ3) is 3.15. The molecule has 4 atom stereocenters. The summed E-state index contributed by atoms with van der Waals surface area (Å²) < 4.78 is 22.9. The van der Waals surface area contributed by atoms with E-state index in [2.05, 4.69) is 47.5 Å². The molecule has 2 bridgehead atoms. The van der Waals surface area contributed by atoms with Crippen LogP contribution in [0.1, 0.15) is 52.2 Å². The van der Waals surface area contributed by atoms with Crippen molar-refractivity contribution in [1.82, 2.24) is 13.3 Å². The van der Waals surface area contributed by atoms with E-state index in [-0.39, 0.29) is 29.1 Å². The van der Waals surface area contributed by atoms with Crippen LogP contribution in [0.4, 0.5) is 5.69 Å². The van der Waals surface area contributed by atoms with Crippen molar-refractivity contribution in [1.29, 1.82) is 0 Å². The second-order valence-corrected chi connectivity index (χ2v) is 17.0. The van der Waals surface area contributed by atoms with Crippen molar-refractivity contribution in [2.24, 2.45) is 5.92 Å². The van der Waals surface area contributed by atoms with Gasteiger partial charge in [-0.3, -0.25) is 0 Å². The lowest BCUT2D eigenvalue weighted by atomic mass is 9.72. The van der Waals surface area contributed by atoms with E-state index >= 15 is 0 Å². The summed E-state index contributed by atoms with van der Waals surface area (Å²) in [5, 5.41) is 34.2. The van der Waals surface area contributed by atoms with Crippen LogP contribution in [0.15, 0.2) is 12.1 Å². The van der Waals surface area contributed by atoms with Gasteiger partial charge < -0.3 is 24.5 Å². The summed E-state index contributed by atoms with van der Waals surface area (Å²) in [7, 11) is -2.06. The molecule has 3 N–H and O–H groups in total. The van der Waals surface area contributed by atoms with Gasteiger partial charge in [-0.1, -0.05) is 33.8 Å². The average molecular weight is 529 g/mol. The van der Waals surface area contributed by atoms with E-state index in [1.165, 1.54) is 4.57 Å². The Labute approximate surface area is 215 Å². The number of hydrogen-bond acceptors (Lipinski definition) is 8. The zero-order valence-corrected chi connectivity index (χ0v) is 23.4. The Hall–Kier alpha value is -2.49. The molecule has 1 saturated heterocycles. The van der Waals surface area contributed by atoms with Gasteiger partial charge in [-0.2, -0.15) is 8.75 Å². The smallest absolute Gasteiger partial charge is 0.215 e. The maximum atomic E-state index is 11.6. The fourth-order valence-corrected chi connectivity index (χ4v) is 7.00. The van der Waals surface area contributed by atoms with E-state index < -0.39 is 25.6 Å². The fourth-order valence-electron chi connectivity index (χ4n) is 5.33. The van der Waals surface area contributed by atoms with E-state index in [1.54, 1.807) is 19.1 Å². The fraction of sp³-hybridized carbons (Fsp3) is 0.560. The summed E-state index contributed by atoms with van der Waals surface area (Å²) in [6.07, 6.45) is -0.591. The minimum Gasteiger partial charge on any atom is -0.494 e. The number of benzene rings is 1. The molecule has 11 heteroatoms. The molecule has 0 saturated carbocycles. The molecular formula is C25H32N4O5SSi. The number of aliphatic hydroxyl groups is 1. The van der Waals surface area contributed by atoms with Gasteiger partial charge in [0.05, 0.1) is 41.2 Å². The number of ether oxygens (including phenoxy) is 1. The van der Waals surface area contributed by atoms with Crippen molar-refractivity contribution in [3.63, 3.8) is 0 Å². The van der Waals surface area contributed by atoms with Gasteiger partial charge in [0, 0.05) is 18.9 Å². The van der Waals surface area contributed by atoms with Gasteiger partial charge in [0.2, 0.25) is 17.4 Å². The third-order valence-corrected chi connectivity index (χ3v) is 13.6. The van der Waals surface area contributed by atoms with Crippen LogP contribution in [-0.4, -0.2) is 49.7 Å². The molecule has 2 aliphatic heterocycles. The van der Waals surface area contributed by atoms with E-state index in [1.807, 2.05) is 6.92 Å². The van der Waals surface area contributed by atoms with E-state index in [0.29, 0.717) is 40.1 Å². The number of aromatic hydroxyl groups is 2. The molecule has 0 radical (unpaired) electrons. The molecule has 2 aliphatic rings. The number of hydrogen-bond donors (Lipinski definition) is 3. The molecule has 3 unspecified atom stereocenters. The zero-order valence-electron chi connectivity index (χ0n) is 21.6. The normalized spacial score (nSPS) is 26.4. The number of nitrogens with zero attached hydrogens (tertiary/aromatic N) is 4. The highest BCUT2D eigenvalue weighted by Crippen LogP contribution is 2.66. The maximum absolute atomic E-state index is 11.6. The van der Waals surface area contributed by atoms with Gasteiger partial charge in [-0.05, 0) is 31.1 Å². The molecule has 1 aromatic carbocycles. The molecule has 1 fully saturated rings. The molecule has 36 heavy (non-hydrogen) atoms. The second kappa shape index (κ2) is 7.75. The monoisotopic (exact) mass is 528 g/mol. The van der Waals surface area contributed by atoms with Crippen molar-refractivity contribution in [3.05, 3.63) is 34.7 Å². The lowest BCUT2D eigenvalue weighted by Gasteiger charge is -2.39. The first-order chi connectivity index (χ1) is 16.7. The van der Waals surface area contributed by atoms with Crippen LogP contribution >= 0.6 is 11.7 Å². The Morgan fingerprint density at radius 3 is 2.53 bits per heavy atom. The summed E-state index contributed by atoms with van der Waals surface area (Å²) in [6.45, 7) is 22.5. The first-order valence-corrected chi connectivity index (χ1v) is 15.7. The molecule has 2 aromatic heterocycles. The standard InChI is InChI=1S/C25H32N4O5SSi/c1-13(12-33-36(7,8)23(2,3)4)25-11-16(30)24(5,34-25)17-18(25)22(32)29(21(17)31)15-10-9-14(26-6)19-20(15)28-35-27-19/h9-10,13,16,30-32H,11-12H2,1-5,7-8H3/t13?,16-,24?,25?/m1/s1. The highest BCUT2D eigenvalue weighted by molar-refractivity contribution is 7.00. The number of aromatic nitrogens is 3. The van der Waals surface area contributed by atoms with Crippen LogP contribution in [0, 0.1) is 12.5 Å². The molecule has 4 heterocycles. The SMILES string of the molecule is [C-]#[N+]c1ccc(-n2c(O)c3c(c2O)C2(C)OC3(C(C)CO[Si](C)(C)C(C)(C)C)C[C@H]2O)c2nsnc12. The van der Waals surface area contributed by atoms with Crippen molar-refractivity contribution in [2.45, 2.75) is 76.5 Å². The summed E-state index contributed by atoms with van der Waals surface area (Å²) in [4.78, 5) is 3.50. The quantitative estimate of drug-likeness (QED) is 0.304. The van der Waals surface area contributed by atoms with Crippen molar-refractivity contribution < 1.29 is 24.5 Å². The lowest BCUT2D eigenvalue weighted by molar-refractivity contribution is -0.128. The topological polar surface area (TPSA) is 114 Å². The van der Waals surface area contributed by atoms with Gasteiger partial charge in [0.25, 0.3) is 0 Å². The number of fused-ring (bicyclic) bond motifs is 6. The minimum atomic E-state index is -2.06. The Kier molecular flexibility index (Phi) is 5.42. The highest BCUT2D eigenvalue weighted by Gasteiger charge is 2.68. The van der Waals surface area contributed by atoms with E-state index in [9.17, 15) is 15.3 Å². The van der Waals surface area contributed by atoms with Crippen LogP contribution < -0.4 is 0 Å². The summed E-state index contributed by atoms with van der Waals surface area (Å²) in [6, 6.07) is 3.24. The summed E-state index contributed by atoms with van der Waals surface area (Å²) in [5.74, 6) is -0.592. The van der Waals surface area contributed by atoms with Crippen LogP contribution in [0.5, 0.6) is 11.8 Å². The number of aliphatic hydroxyl groups excluding tert-OH is 1. The Morgan fingerprint density at radius 1 is 1.25 bits per heavy atom. The van der Waals surface area contributed by atoms with Gasteiger partial charge in [-0.15, -0.1) is 0 Å². The Balaban J connectivity index is 1.65. The molecule has 0 aliphatic carbocycles. The van der Waals surface area contributed by atoms with Crippen LogP contribution in [0.3, 0.4) is 0 Å². The third-order valence-electron chi connectivity index (χ3n) is 8.60. The predicted molar refractivity (Wildman–Crippen MR) is 139 cm³/mol. The first-order valence-electron chi connectivity index (χ1n) is 12.0. The Morgan fingerprint density at radius 2 is 1.89 bits per heavy atom. The molecular weight excluding hydrogens is 496 g/mol. The Bertz CT molecular complexity index is 1420. The lowest BCUT2D eigenvalue weighted by Crippen LogP contribution is -2.44. The van der Waals surface area contributed by atoms with Crippen molar-refractivity contribution in [3.8, 4) is 17.4 Å². The van der Waals surface area contributed by atoms with Gasteiger partial charge in [-0.25, -0.2) is 9.41 Å². The van der Waals surface area contributed by atoms with Gasteiger partial charge in [0.15, 0.2) is 8.32 Å². The second-order valence-electron chi connectivity index (χ2n) is 11.7. The zero-order chi connectivity index (χ0) is 26.4.